The Kier molecular flexibility index (Phi) is 4.63. The number of rotatable bonds is 2. The van der Waals surface area contributed by atoms with Crippen LogP contribution in [0.4, 0.5) is 4.39 Å². The van der Waals surface area contributed by atoms with Crippen LogP contribution in [0.15, 0.2) is 34.3 Å². The van der Waals surface area contributed by atoms with Crippen LogP contribution < -0.4 is 0 Å². The van der Waals surface area contributed by atoms with Crippen molar-refractivity contribution in [3.8, 4) is 0 Å². The van der Waals surface area contributed by atoms with E-state index in [1.807, 2.05) is 6.07 Å². The molecule has 0 saturated heterocycles. The standard InChI is InChI=1S/C14H15BrClF/c15-12-6-11(8-14(17)9-12)5-10-3-1-2-4-13(16)7-10/h6-9,13H,1-5H2. The Labute approximate surface area is 115 Å². The van der Waals surface area contributed by atoms with Crippen LogP contribution in [0.25, 0.3) is 0 Å². The second kappa shape index (κ2) is 6.01. The lowest BCUT2D eigenvalue weighted by Crippen LogP contribution is -1.95. The van der Waals surface area contributed by atoms with E-state index < -0.39 is 0 Å². The molecular formula is C14H15BrClF. The summed E-state index contributed by atoms with van der Waals surface area (Å²) >= 11 is 9.50. The van der Waals surface area contributed by atoms with Crippen LogP contribution in [0.2, 0.25) is 0 Å². The molecule has 2 rings (SSSR count). The Morgan fingerprint density at radius 1 is 1.29 bits per heavy atom. The normalized spacial score (nSPS) is 20.9. The maximum absolute atomic E-state index is 13.3. The van der Waals surface area contributed by atoms with E-state index in [0.717, 1.165) is 29.3 Å². The monoisotopic (exact) mass is 316 g/mol. The zero-order chi connectivity index (χ0) is 12.3. The lowest BCUT2D eigenvalue weighted by Gasteiger charge is -2.07. The van der Waals surface area contributed by atoms with Crippen LogP contribution in [-0.2, 0) is 6.42 Å². The molecule has 1 aliphatic rings. The van der Waals surface area contributed by atoms with E-state index in [-0.39, 0.29) is 11.2 Å². The second-order valence-corrected chi connectivity index (χ2v) is 6.02. The van der Waals surface area contributed by atoms with Gasteiger partial charge in [-0.15, -0.1) is 11.6 Å². The van der Waals surface area contributed by atoms with Gasteiger partial charge in [-0.3, -0.25) is 0 Å². The summed E-state index contributed by atoms with van der Waals surface area (Å²) in [6, 6.07) is 5.05. The van der Waals surface area contributed by atoms with Gasteiger partial charge >= 0.3 is 0 Å². The fourth-order valence-corrected chi connectivity index (χ4v) is 3.08. The van der Waals surface area contributed by atoms with E-state index >= 15 is 0 Å². The summed E-state index contributed by atoms with van der Waals surface area (Å²) < 4.78 is 14.1. The summed E-state index contributed by atoms with van der Waals surface area (Å²) in [6.45, 7) is 0. The molecule has 0 radical (unpaired) electrons. The van der Waals surface area contributed by atoms with Gasteiger partial charge in [0.1, 0.15) is 5.82 Å². The second-order valence-electron chi connectivity index (χ2n) is 4.54. The predicted octanol–water partition coefficient (Wildman–Crippen LogP) is 5.24. The first kappa shape index (κ1) is 13.1. The van der Waals surface area contributed by atoms with E-state index in [2.05, 4.69) is 22.0 Å². The van der Waals surface area contributed by atoms with Crippen molar-refractivity contribution in [1.82, 2.24) is 0 Å². The topological polar surface area (TPSA) is 0 Å². The third kappa shape index (κ3) is 4.11. The van der Waals surface area contributed by atoms with Crippen molar-refractivity contribution >= 4 is 27.5 Å². The van der Waals surface area contributed by atoms with Gasteiger partial charge in [0, 0.05) is 4.47 Å². The molecule has 1 aliphatic carbocycles. The molecule has 0 N–H and O–H groups in total. The van der Waals surface area contributed by atoms with Crippen LogP contribution in [-0.4, -0.2) is 5.38 Å². The summed E-state index contributed by atoms with van der Waals surface area (Å²) in [5.74, 6) is -0.189. The third-order valence-electron chi connectivity index (χ3n) is 3.00. The number of benzene rings is 1. The number of hydrogen-bond donors (Lipinski definition) is 0. The lowest BCUT2D eigenvalue weighted by atomic mass is 10.0. The molecule has 0 aromatic heterocycles. The molecular weight excluding hydrogens is 303 g/mol. The van der Waals surface area contributed by atoms with E-state index in [0.29, 0.717) is 0 Å². The number of alkyl halides is 1. The van der Waals surface area contributed by atoms with Gasteiger partial charge in [0.05, 0.1) is 5.38 Å². The minimum absolute atomic E-state index is 0.143. The number of allylic oxidation sites excluding steroid dienone is 2. The minimum atomic E-state index is -0.189. The molecule has 1 aromatic rings. The van der Waals surface area contributed by atoms with E-state index in [4.69, 9.17) is 11.6 Å². The summed E-state index contributed by atoms with van der Waals surface area (Å²) in [7, 11) is 0. The molecule has 17 heavy (non-hydrogen) atoms. The Bertz CT molecular complexity index is 408. The first-order chi connectivity index (χ1) is 8.13. The van der Waals surface area contributed by atoms with Gasteiger partial charge in [-0.1, -0.05) is 34.0 Å². The van der Waals surface area contributed by atoms with Crippen LogP contribution >= 0.6 is 27.5 Å². The van der Waals surface area contributed by atoms with E-state index in [9.17, 15) is 4.39 Å². The molecule has 1 unspecified atom stereocenters. The molecule has 3 heteroatoms. The molecule has 92 valence electrons. The van der Waals surface area contributed by atoms with E-state index in [1.54, 1.807) is 6.07 Å². The van der Waals surface area contributed by atoms with Gasteiger partial charge in [-0.2, -0.15) is 0 Å². The Hall–Kier alpha value is -0.340. The van der Waals surface area contributed by atoms with Crippen molar-refractivity contribution in [3.05, 3.63) is 45.7 Å². The average Bonchev–Trinajstić information content (AvgIpc) is 2.41. The Morgan fingerprint density at radius 3 is 2.88 bits per heavy atom. The SMILES string of the molecule is Fc1cc(Br)cc(CC2=CC(Cl)CCCC2)c1. The summed E-state index contributed by atoms with van der Waals surface area (Å²) in [6.07, 6.45) is 7.45. The highest BCUT2D eigenvalue weighted by Gasteiger charge is 2.10. The first-order valence-electron chi connectivity index (χ1n) is 5.92. The van der Waals surface area contributed by atoms with Crippen LogP contribution in [0.5, 0.6) is 0 Å². The largest absolute Gasteiger partial charge is 0.207 e. The van der Waals surface area contributed by atoms with Gasteiger partial charge in [-0.25, -0.2) is 4.39 Å². The van der Waals surface area contributed by atoms with E-state index in [1.165, 1.54) is 24.5 Å². The quantitative estimate of drug-likeness (QED) is 0.517. The van der Waals surface area contributed by atoms with Crippen molar-refractivity contribution in [2.45, 2.75) is 37.5 Å². The summed E-state index contributed by atoms with van der Waals surface area (Å²) in [5, 5.41) is 0.143. The zero-order valence-electron chi connectivity index (χ0n) is 9.56. The molecule has 0 saturated carbocycles. The Morgan fingerprint density at radius 2 is 2.12 bits per heavy atom. The molecule has 0 fully saturated rings. The van der Waals surface area contributed by atoms with Crippen molar-refractivity contribution < 1.29 is 4.39 Å². The van der Waals surface area contributed by atoms with Crippen molar-refractivity contribution in [2.24, 2.45) is 0 Å². The van der Waals surface area contributed by atoms with Gasteiger partial charge in [0.25, 0.3) is 0 Å². The number of hydrogen-bond acceptors (Lipinski definition) is 0. The zero-order valence-corrected chi connectivity index (χ0v) is 11.9. The summed E-state index contributed by atoms with van der Waals surface area (Å²) in [4.78, 5) is 0. The predicted molar refractivity (Wildman–Crippen MR) is 74.0 cm³/mol. The summed E-state index contributed by atoms with van der Waals surface area (Å²) in [5.41, 5.74) is 2.34. The number of halogens is 3. The van der Waals surface area contributed by atoms with Crippen LogP contribution in [0.1, 0.15) is 31.2 Å². The van der Waals surface area contributed by atoms with Crippen molar-refractivity contribution in [2.75, 3.05) is 0 Å². The maximum Gasteiger partial charge on any atom is 0.124 e. The van der Waals surface area contributed by atoms with Crippen molar-refractivity contribution in [3.63, 3.8) is 0 Å². The molecule has 1 aromatic carbocycles. The fraction of sp³-hybridized carbons (Fsp3) is 0.429. The molecule has 0 spiro atoms. The molecule has 0 heterocycles. The van der Waals surface area contributed by atoms with Crippen LogP contribution in [0.3, 0.4) is 0 Å². The first-order valence-corrected chi connectivity index (χ1v) is 7.15. The maximum atomic E-state index is 13.3. The fourth-order valence-electron chi connectivity index (χ4n) is 2.24. The highest BCUT2D eigenvalue weighted by Crippen LogP contribution is 2.25. The van der Waals surface area contributed by atoms with Crippen LogP contribution in [0, 0.1) is 5.82 Å². The highest BCUT2D eigenvalue weighted by molar-refractivity contribution is 9.10. The van der Waals surface area contributed by atoms with Crippen molar-refractivity contribution in [1.29, 1.82) is 0 Å². The highest BCUT2D eigenvalue weighted by atomic mass is 79.9. The smallest absolute Gasteiger partial charge is 0.124 e. The van der Waals surface area contributed by atoms with Gasteiger partial charge in [0.2, 0.25) is 0 Å². The minimum Gasteiger partial charge on any atom is -0.207 e. The molecule has 0 nitrogen and oxygen atoms in total. The molecule has 1 atom stereocenters. The van der Waals surface area contributed by atoms with Gasteiger partial charge < -0.3 is 0 Å². The van der Waals surface area contributed by atoms with Gasteiger partial charge in [-0.05, 0) is 49.4 Å². The third-order valence-corrected chi connectivity index (χ3v) is 3.80. The molecule has 0 aliphatic heterocycles. The Balaban J connectivity index is 2.13. The van der Waals surface area contributed by atoms with Gasteiger partial charge in [0.15, 0.2) is 0 Å². The molecule has 0 bridgehead atoms. The average molecular weight is 318 g/mol. The lowest BCUT2D eigenvalue weighted by molar-refractivity contribution is 0.624. The molecule has 0 amide bonds.